The lowest BCUT2D eigenvalue weighted by molar-refractivity contribution is -0.314. The van der Waals surface area contributed by atoms with Gasteiger partial charge in [0.25, 0.3) is 0 Å². The molecule has 2 fully saturated rings. The number of halogens is 1. The van der Waals surface area contributed by atoms with Gasteiger partial charge in [-0.3, -0.25) is 4.57 Å². The lowest BCUT2D eigenvalue weighted by atomic mass is 9.81. The van der Waals surface area contributed by atoms with Crippen molar-refractivity contribution < 1.29 is 19.3 Å². The van der Waals surface area contributed by atoms with Crippen molar-refractivity contribution in [3.05, 3.63) is 11.6 Å². The van der Waals surface area contributed by atoms with E-state index in [1.54, 1.807) is 10.9 Å². The van der Waals surface area contributed by atoms with Crippen molar-refractivity contribution in [2.75, 3.05) is 18.9 Å². The molecule has 2 saturated heterocycles. The molecule has 0 aliphatic carbocycles. The number of nitrogens with two attached hydrogens (primary N) is 1. The highest BCUT2D eigenvalue weighted by Gasteiger charge is 2.60. The third-order valence-electron chi connectivity index (χ3n) is 4.85. The Kier molecular flexibility index (Phi) is 3.71. The average Bonchev–Trinajstić information content (AvgIpc) is 3.06. The molecule has 0 radical (unpaired) electrons. The maximum absolute atomic E-state index is 9.77. The van der Waals surface area contributed by atoms with Gasteiger partial charge in [-0.25, -0.2) is 4.98 Å². The molecule has 25 heavy (non-hydrogen) atoms. The molecule has 0 aromatic carbocycles. The third-order valence-corrected chi connectivity index (χ3v) is 5.02. The van der Waals surface area contributed by atoms with Crippen LogP contribution >= 0.6 is 11.6 Å². The van der Waals surface area contributed by atoms with E-state index in [2.05, 4.69) is 15.0 Å². The fraction of sp³-hybridized carbons (Fsp3) is 0.667. The minimum absolute atomic E-state index is 0.0300. The summed E-state index contributed by atoms with van der Waals surface area (Å²) >= 11 is 5.95. The zero-order valence-corrected chi connectivity index (χ0v) is 14.9. The van der Waals surface area contributed by atoms with E-state index >= 15 is 0 Å². The molecule has 2 aliphatic rings. The van der Waals surface area contributed by atoms with Crippen LogP contribution in [0.2, 0.25) is 5.28 Å². The molecule has 2 aromatic rings. The van der Waals surface area contributed by atoms with E-state index in [9.17, 15) is 5.11 Å². The van der Waals surface area contributed by atoms with Gasteiger partial charge in [0.15, 0.2) is 17.3 Å². The summed E-state index contributed by atoms with van der Waals surface area (Å²) in [5, 5.41) is 9.80. The Hall–Kier alpha value is -1.52. The predicted molar refractivity (Wildman–Crippen MR) is 88.8 cm³/mol. The molecular formula is C15H20ClN5O4. The fourth-order valence-electron chi connectivity index (χ4n) is 3.59. The maximum Gasteiger partial charge on any atom is 0.226 e. The van der Waals surface area contributed by atoms with Crippen LogP contribution in [0.1, 0.15) is 27.0 Å². The smallest absolute Gasteiger partial charge is 0.226 e. The quantitative estimate of drug-likeness (QED) is 0.756. The Morgan fingerprint density at radius 2 is 2.16 bits per heavy atom. The monoisotopic (exact) mass is 369 g/mol. The summed E-state index contributed by atoms with van der Waals surface area (Å²) in [6.07, 6.45) is 0.225. The second-order valence-electron chi connectivity index (χ2n) is 7.14. The number of rotatable bonds is 2. The lowest BCUT2D eigenvalue weighted by Crippen LogP contribution is -2.54. The van der Waals surface area contributed by atoms with Gasteiger partial charge in [0, 0.05) is 0 Å². The summed E-state index contributed by atoms with van der Waals surface area (Å²) in [6, 6.07) is 0. The number of fused-ring (bicyclic) bond motifs is 2. The van der Waals surface area contributed by atoms with Crippen LogP contribution < -0.4 is 5.73 Å². The summed E-state index contributed by atoms with van der Waals surface area (Å²) in [5.41, 5.74) is 6.24. The molecule has 10 heteroatoms. The van der Waals surface area contributed by atoms with Crippen molar-refractivity contribution in [2.45, 2.75) is 45.0 Å². The first kappa shape index (κ1) is 16.9. The number of imidazole rings is 1. The third kappa shape index (κ3) is 2.49. The lowest BCUT2D eigenvalue weighted by Gasteiger charge is -2.45. The standard InChI is InChI=1S/C15H20ClN5O4/c1-14(2)23-5-15(3)9(25-14)7(4-22)24-12(15)21-6-18-8-10(17)19-13(16)20-11(8)21/h6-7,9,12,22H,4-5H2,1-3H3,(H2,17,19,20)/t7-,9-,12-,15-/m1/s1. The van der Waals surface area contributed by atoms with Gasteiger partial charge >= 0.3 is 0 Å². The second kappa shape index (κ2) is 5.49. The predicted octanol–water partition coefficient (Wildman–Crippen LogP) is 1.11. The van der Waals surface area contributed by atoms with Crippen LogP contribution in [0, 0.1) is 5.41 Å². The van der Waals surface area contributed by atoms with Gasteiger partial charge in [0.05, 0.1) is 25.0 Å². The maximum atomic E-state index is 9.77. The van der Waals surface area contributed by atoms with Crippen LogP contribution in [-0.4, -0.2) is 55.8 Å². The highest BCUT2D eigenvalue weighted by atomic mass is 35.5. The largest absolute Gasteiger partial charge is 0.394 e. The van der Waals surface area contributed by atoms with Crippen molar-refractivity contribution in [3.63, 3.8) is 0 Å². The Balaban J connectivity index is 1.81. The van der Waals surface area contributed by atoms with Gasteiger partial charge < -0.3 is 25.1 Å². The number of hydrogen-bond donors (Lipinski definition) is 2. The van der Waals surface area contributed by atoms with E-state index < -0.39 is 23.5 Å². The first-order valence-corrected chi connectivity index (χ1v) is 8.36. The molecule has 2 aromatic heterocycles. The average molecular weight is 370 g/mol. The zero-order chi connectivity index (χ0) is 18.0. The summed E-state index contributed by atoms with van der Waals surface area (Å²) < 4.78 is 19.8. The van der Waals surface area contributed by atoms with Crippen molar-refractivity contribution in [1.82, 2.24) is 19.5 Å². The molecule has 4 atom stereocenters. The van der Waals surface area contributed by atoms with E-state index in [1.807, 2.05) is 20.8 Å². The number of hydrogen-bond acceptors (Lipinski definition) is 8. The normalized spacial score (nSPS) is 34.4. The minimum atomic E-state index is -0.747. The Labute approximate surface area is 149 Å². The molecule has 136 valence electrons. The first-order valence-electron chi connectivity index (χ1n) is 7.99. The highest BCUT2D eigenvalue weighted by molar-refractivity contribution is 6.28. The number of nitrogens with zero attached hydrogens (tertiary/aromatic N) is 4. The Morgan fingerprint density at radius 1 is 1.40 bits per heavy atom. The summed E-state index contributed by atoms with van der Waals surface area (Å²) in [6.45, 7) is 5.89. The van der Waals surface area contributed by atoms with Gasteiger partial charge in [-0.05, 0) is 25.4 Å². The number of anilines is 1. The van der Waals surface area contributed by atoms with Gasteiger partial charge in [0.2, 0.25) is 5.28 Å². The van der Waals surface area contributed by atoms with Crippen molar-refractivity contribution in [1.29, 1.82) is 0 Å². The minimum Gasteiger partial charge on any atom is -0.394 e. The van der Waals surface area contributed by atoms with Crippen LogP contribution in [-0.2, 0) is 14.2 Å². The zero-order valence-electron chi connectivity index (χ0n) is 14.1. The van der Waals surface area contributed by atoms with Crippen molar-refractivity contribution >= 4 is 28.6 Å². The van der Waals surface area contributed by atoms with Gasteiger partial charge in [-0.2, -0.15) is 9.97 Å². The number of nitrogen functional groups attached to an aromatic ring is 1. The van der Waals surface area contributed by atoms with E-state index in [1.165, 1.54) is 0 Å². The molecule has 3 N–H and O–H groups in total. The molecule has 2 aliphatic heterocycles. The van der Waals surface area contributed by atoms with Gasteiger partial charge in [0.1, 0.15) is 24.0 Å². The van der Waals surface area contributed by atoms with Crippen LogP contribution in [0.25, 0.3) is 11.2 Å². The van der Waals surface area contributed by atoms with Crippen LogP contribution in [0.3, 0.4) is 0 Å². The van der Waals surface area contributed by atoms with E-state index in [0.29, 0.717) is 17.8 Å². The number of aromatic nitrogens is 4. The molecule has 0 spiro atoms. The molecule has 0 unspecified atom stereocenters. The summed E-state index contributed by atoms with van der Waals surface area (Å²) in [4.78, 5) is 12.4. The number of ether oxygens (including phenoxy) is 3. The molecule has 0 amide bonds. The fourth-order valence-corrected chi connectivity index (χ4v) is 3.77. The number of aliphatic hydroxyl groups is 1. The molecule has 4 heterocycles. The van der Waals surface area contributed by atoms with Gasteiger partial charge in [-0.15, -0.1) is 0 Å². The van der Waals surface area contributed by atoms with Crippen molar-refractivity contribution in [2.24, 2.45) is 5.41 Å². The molecule has 0 bridgehead atoms. The molecular weight excluding hydrogens is 350 g/mol. The Morgan fingerprint density at radius 3 is 2.88 bits per heavy atom. The highest BCUT2D eigenvalue weighted by Crippen LogP contribution is 2.51. The van der Waals surface area contributed by atoms with Crippen LogP contribution in [0.4, 0.5) is 5.82 Å². The summed E-state index contributed by atoms with van der Waals surface area (Å²) in [7, 11) is 0. The van der Waals surface area contributed by atoms with E-state index in [4.69, 9.17) is 31.5 Å². The van der Waals surface area contributed by atoms with Crippen LogP contribution in [0.5, 0.6) is 0 Å². The summed E-state index contributed by atoms with van der Waals surface area (Å²) in [5.74, 6) is -0.549. The molecule has 0 saturated carbocycles. The molecule has 4 rings (SSSR count). The van der Waals surface area contributed by atoms with Gasteiger partial charge in [-0.1, -0.05) is 6.92 Å². The first-order chi connectivity index (χ1) is 11.7. The topological polar surface area (TPSA) is 118 Å². The SMILES string of the molecule is CC1(C)OC[C@]2(C)[C@H](O1)[C@@H](CO)O[C@H]2n1cnc2c(N)nc(Cl)nc21. The Bertz CT molecular complexity index is 828. The van der Waals surface area contributed by atoms with Crippen LogP contribution in [0.15, 0.2) is 6.33 Å². The van der Waals surface area contributed by atoms with E-state index in [0.717, 1.165) is 0 Å². The van der Waals surface area contributed by atoms with Crippen molar-refractivity contribution in [3.8, 4) is 0 Å². The number of aliphatic hydroxyl groups excluding tert-OH is 1. The van der Waals surface area contributed by atoms with E-state index in [-0.39, 0.29) is 23.8 Å². The molecule has 9 nitrogen and oxygen atoms in total. The second-order valence-corrected chi connectivity index (χ2v) is 7.48.